The Hall–Kier alpha value is -3.55. The van der Waals surface area contributed by atoms with Crippen molar-refractivity contribution in [2.75, 3.05) is 45.3 Å². The van der Waals surface area contributed by atoms with Crippen LogP contribution in [-0.4, -0.2) is 69.4 Å². The van der Waals surface area contributed by atoms with Gasteiger partial charge in [-0.05, 0) is 30.3 Å². The first-order valence-corrected chi connectivity index (χ1v) is 11.2. The fourth-order valence-corrected chi connectivity index (χ4v) is 4.57. The smallest absolute Gasteiger partial charge is 0.311 e. The zero-order chi connectivity index (χ0) is 24.0. The minimum atomic E-state index is -3.73. The van der Waals surface area contributed by atoms with Gasteiger partial charge in [-0.3, -0.25) is 19.7 Å². The van der Waals surface area contributed by atoms with Gasteiger partial charge in [0.25, 0.3) is 5.91 Å². The zero-order valence-electron chi connectivity index (χ0n) is 17.6. The largest absolute Gasteiger partial charge is 0.490 e. The molecule has 0 aromatic heterocycles. The fourth-order valence-electron chi connectivity index (χ4n) is 3.11. The molecule has 1 aliphatic rings. The maximum absolute atomic E-state index is 12.8. The lowest BCUT2D eigenvalue weighted by molar-refractivity contribution is -0.385. The van der Waals surface area contributed by atoms with Crippen LogP contribution in [0.3, 0.4) is 0 Å². The van der Waals surface area contributed by atoms with Gasteiger partial charge < -0.3 is 20.1 Å². The molecule has 2 N–H and O–H groups in total. The van der Waals surface area contributed by atoms with Gasteiger partial charge in [-0.15, -0.1) is 0 Å². The van der Waals surface area contributed by atoms with Crippen LogP contribution >= 0.6 is 0 Å². The van der Waals surface area contributed by atoms with Crippen molar-refractivity contribution in [3.63, 3.8) is 0 Å². The predicted molar refractivity (Wildman–Crippen MR) is 117 cm³/mol. The Bertz CT molecular complexity index is 1160. The molecule has 3 rings (SSSR count). The third-order valence-electron chi connectivity index (χ3n) is 4.77. The molecule has 0 aliphatic carbocycles. The number of rotatable bonds is 8. The molecule has 1 heterocycles. The standard InChI is InChI=1S/C20H22N4O8S/c1-31-18-6-5-14(11-17(18)24(27)28)20(26)21-13-19(25)22-15-3-2-4-16(12-15)33(29,30)23-7-9-32-10-8-23/h2-6,11-12H,7-10,13H2,1H3,(H,21,26)(H,22,25). The Labute approximate surface area is 189 Å². The molecule has 0 bridgehead atoms. The molecule has 2 aromatic rings. The Balaban J connectivity index is 1.62. The number of hydrogen-bond acceptors (Lipinski definition) is 8. The highest BCUT2D eigenvalue weighted by atomic mass is 32.2. The first-order chi connectivity index (χ1) is 15.7. The van der Waals surface area contributed by atoms with E-state index in [4.69, 9.17) is 9.47 Å². The number of amides is 2. The molecule has 0 spiro atoms. The highest BCUT2D eigenvalue weighted by molar-refractivity contribution is 7.89. The second-order valence-electron chi connectivity index (χ2n) is 6.92. The number of benzene rings is 2. The van der Waals surface area contributed by atoms with Crippen LogP contribution in [0, 0.1) is 10.1 Å². The summed E-state index contributed by atoms with van der Waals surface area (Å²) in [4.78, 5) is 35.0. The Morgan fingerprint density at radius 3 is 2.58 bits per heavy atom. The molecule has 13 heteroatoms. The number of nitrogens with zero attached hydrogens (tertiary/aromatic N) is 2. The van der Waals surface area contributed by atoms with Crippen molar-refractivity contribution in [2.24, 2.45) is 0 Å². The summed E-state index contributed by atoms with van der Waals surface area (Å²) < 4.78 is 36.9. The molecule has 2 amide bonds. The van der Waals surface area contributed by atoms with Crippen LogP contribution in [-0.2, 0) is 19.6 Å². The fraction of sp³-hybridized carbons (Fsp3) is 0.300. The monoisotopic (exact) mass is 478 g/mol. The van der Waals surface area contributed by atoms with Gasteiger partial charge in [0, 0.05) is 30.4 Å². The van der Waals surface area contributed by atoms with Gasteiger partial charge in [-0.2, -0.15) is 4.31 Å². The predicted octanol–water partition coefficient (Wildman–Crippen LogP) is 0.993. The number of methoxy groups -OCH3 is 1. The van der Waals surface area contributed by atoms with E-state index in [-0.39, 0.29) is 40.7 Å². The minimum Gasteiger partial charge on any atom is -0.490 e. The van der Waals surface area contributed by atoms with E-state index >= 15 is 0 Å². The summed E-state index contributed by atoms with van der Waals surface area (Å²) in [7, 11) is -2.46. The van der Waals surface area contributed by atoms with Crippen LogP contribution in [0.25, 0.3) is 0 Å². The average molecular weight is 478 g/mol. The van der Waals surface area contributed by atoms with Crippen molar-refractivity contribution in [2.45, 2.75) is 4.90 Å². The van der Waals surface area contributed by atoms with Crippen molar-refractivity contribution < 1.29 is 32.4 Å². The van der Waals surface area contributed by atoms with Crippen molar-refractivity contribution in [3.05, 3.63) is 58.1 Å². The SMILES string of the molecule is COc1ccc(C(=O)NCC(=O)Nc2cccc(S(=O)(=O)N3CCOCC3)c2)cc1[N+](=O)[O-]. The molecule has 0 saturated carbocycles. The lowest BCUT2D eigenvalue weighted by atomic mass is 10.1. The Morgan fingerprint density at radius 2 is 1.91 bits per heavy atom. The van der Waals surface area contributed by atoms with Crippen molar-refractivity contribution >= 4 is 33.2 Å². The molecule has 176 valence electrons. The number of ether oxygens (including phenoxy) is 2. The summed E-state index contributed by atoms with van der Waals surface area (Å²) in [6, 6.07) is 9.44. The topological polar surface area (TPSA) is 157 Å². The van der Waals surface area contributed by atoms with E-state index in [1.165, 1.54) is 47.8 Å². The second-order valence-corrected chi connectivity index (χ2v) is 8.86. The van der Waals surface area contributed by atoms with Crippen LogP contribution in [0.1, 0.15) is 10.4 Å². The molecule has 0 unspecified atom stereocenters. The maximum atomic E-state index is 12.8. The quantitative estimate of drug-likeness (QED) is 0.420. The molecule has 1 saturated heterocycles. The van der Waals surface area contributed by atoms with Gasteiger partial charge >= 0.3 is 5.69 Å². The lowest BCUT2D eigenvalue weighted by Gasteiger charge is -2.26. The van der Waals surface area contributed by atoms with Crippen LogP contribution in [0.4, 0.5) is 11.4 Å². The summed E-state index contributed by atoms with van der Waals surface area (Å²) in [5.74, 6) is -1.30. The summed E-state index contributed by atoms with van der Waals surface area (Å²) in [5, 5.41) is 16.0. The molecule has 1 aliphatic heterocycles. The van der Waals surface area contributed by atoms with Crippen LogP contribution in [0.2, 0.25) is 0 Å². The van der Waals surface area contributed by atoms with E-state index in [1.807, 2.05) is 0 Å². The van der Waals surface area contributed by atoms with Crippen LogP contribution in [0.5, 0.6) is 5.75 Å². The minimum absolute atomic E-state index is 0.00112. The number of nitrogens with one attached hydrogen (secondary N) is 2. The van der Waals surface area contributed by atoms with Gasteiger partial charge in [0.15, 0.2) is 5.75 Å². The summed E-state index contributed by atoms with van der Waals surface area (Å²) >= 11 is 0. The summed E-state index contributed by atoms with van der Waals surface area (Å²) in [5.41, 5.74) is -0.162. The van der Waals surface area contributed by atoms with Crippen molar-refractivity contribution in [3.8, 4) is 5.75 Å². The molecule has 0 atom stereocenters. The van der Waals surface area contributed by atoms with Gasteiger partial charge in [0.2, 0.25) is 15.9 Å². The third-order valence-corrected chi connectivity index (χ3v) is 6.67. The van der Waals surface area contributed by atoms with E-state index in [9.17, 15) is 28.1 Å². The second kappa shape index (κ2) is 10.4. The van der Waals surface area contributed by atoms with Gasteiger partial charge in [0.1, 0.15) is 0 Å². The number of nitro groups is 1. The summed E-state index contributed by atoms with van der Waals surface area (Å²) in [6.45, 7) is 0.682. The number of nitro benzene ring substituents is 1. The van der Waals surface area contributed by atoms with E-state index < -0.39 is 33.3 Å². The Morgan fingerprint density at radius 1 is 1.18 bits per heavy atom. The first kappa shape index (κ1) is 24.1. The number of morpholine rings is 1. The van der Waals surface area contributed by atoms with E-state index in [1.54, 1.807) is 0 Å². The maximum Gasteiger partial charge on any atom is 0.311 e. The molecule has 0 radical (unpaired) electrons. The lowest BCUT2D eigenvalue weighted by Crippen LogP contribution is -2.40. The molecular formula is C20H22N4O8S. The normalized spacial score (nSPS) is 14.3. The molecule has 1 fully saturated rings. The van der Waals surface area contributed by atoms with Crippen molar-refractivity contribution in [1.82, 2.24) is 9.62 Å². The molecule has 2 aromatic carbocycles. The van der Waals surface area contributed by atoms with Gasteiger partial charge in [-0.25, -0.2) is 8.42 Å². The van der Waals surface area contributed by atoms with Crippen molar-refractivity contribution in [1.29, 1.82) is 0 Å². The van der Waals surface area contributed by atoms with Gasteiger partial charge in [-0.1, -0.05) is 6.07 Å². The number of sulfonamides is 1. The average Bonchev–Trinajstić information content (AvgIpc) is 2.82. The van der Waals surface area contributed by atoms with E-state index in [0.717, 1.165) is 6.07 Å². The Kier molecular flexibility index (Phi) is 7.58. The molecule has 33 heavy (non-hydrogen) atoms. The number of carbonyl (C=O) groups is 2. The zero-order valence-corrected chi connectivity index (χ0v) is 18.5. The van der Waals surface area contributed by atoms with E-state index in [2.05, 4.69) is 10.6 Å². The number of hydrogen-bond donors (Lipinski definition) is 2. The highest BCUT2D eigenvalue weighted by Gasteiger charge is 2.26. The van der Waals surface area contributed by atoms with E-state index in [0.29, 0.717) is 13.2 Å². The van der Waals surface area contributed by atoms with Gasteiger partial charge in [0.05, 0.1) is 36.7 Å². The number of carbonyl (C=O) groups excluding carboxylic acids is 2. The third kappa shape index (κ3) is 5.83. The number of anilines is 1. The molecular weight excluding hydrogens is 456 g/mol. The van der Waals surface area contributed by atoms with Crippen LogP contribution < -0.4 is 15.4 Å². The molecule has 12 nitrogen and oxygen atoms in total. The highest BCUT2D eigenvalue weighted by Crippen LogP contribution is 2.27. The summed E-state index contributed by atoms with van der Waals surface area (Å²) in [6.07, 6.45) is 0. The first-order valence-electron chi connectivity index (χ1n) is 9.81. The van der Waals surface area contributed by atoms with Crippen LogP contribution in [0.15, 0.2) is 47.4 Å².